The van der Waals surface area contributed by atoms with Gasteiger partial charge in [0.1, 0.15) is 17.1 Å². The Labute approximate surface area is 172 Å². The van der Waals surface area contributed by atoms with Crippen LogP contribution in [0.5, 0.6) is 0 Å². The number of hydrogen-bond donors (Lipinski definition) is 1. The molecule has 0 spiro atoms. The number of Topliss-reactive ketones (excluding diaryl/α,β-unsaturated/α-hetero) is 1. The number of carbonyl (C=O) groups is 3. The number of aliphatic hydroxyl groups is 1. The van der Waals surface area contributed by atoms with E-state index >= 15 is 0 Å². The van der Waals surface area contributed by atoms with Crippen molar-refractivity contribution in [2.75, 3.05) is 0 Å². The Kier molecular flexibility index (Phi) is 6.29. The maximum Gasteiger partial charge on any atom is 0.317 e. The van der Waals surface area contributed by atoms with E-state index in [4.69, 9.17) is 9.47 Å². The summed E-state index contributed by atoms with van der Waals surface area (Å²) in [6, 6.07) is 8.82. The lowest BCUT2D eigenvalue weighted by molar-refractivity contribution is -0.182. The number of benzene rings is 1. The SMILES string of the molecule is CC(C)(C)OC(=O)[C@@H]1C(=O)C[C@](C)(O)[C@H](C(=O)OC(C)(C)C)[C@@H]1c1ccccc1. The standard InChI is InChI=1S/C23H32O6/c1-21(2,3)28-19(25)17-15(24)13-23(7,27)18(20(26)29-22(4,5)6)16(17)14-11-9-8-10-12-14/h8-12,16-18,27H,13H2,1-7H3/t16-,17-,18+,23+/m1/s1. The zero-order chi connectivity index (χ0) is 22.2. The fourth-order valence-corrected chi connectivity index (χ4v) is 3.82. The predicted molar refractivity (Wildman–Crippen MR) is 108 cm³/mol. The molecule has 0 unspecified atom stereocenters. The van der Waals surface area contributed by atoms with E-state index in [1.54, 1.807) is 71.9 Å². The molecule has 0 radical (unpaired) electrons. The highest BCUT2D eigenvalue weighted by molar-refractivity contribution is 6.03. The van der Waals surface area contributed by atoms with Gasteiger partial charge in [0.05, 0.1) is 11.5 Å². The van der Waals surface area contributed by atoms with E-state index < -0.39 is 52.3 Å². The quantitative estimate of drug-likeness (QED) is 0.613. The summed E-state index contributed by atoms with van der Waals surface area (Å²) in [6.45, 7) is 11.8. The van der Waals surface area contributed by atoms with Gasteiger partial charge in [-0.15, -0.1) is 0 Å². The summed E-state index contributed by atoms with van der Waals surface area (Å²) in [5, 5.41) is 11.1. The molecule has 6 heteroatoms. The number of carbonyl (C=O) groups excluding carboxylic acids is 3. The minimum Gasteiger partial charge on any atom is -0.460 e. The summed E-state index contributed by atoms with van der Waals surface area (Å²) >= 11 is 0. The molecule has 160 valence electrons. The second kappa shape index (κ2) is 7.90. The molecule has 0 aromatic heterocycles. The normalized spacial score (nSPS) is 28.0. The van der Waals surface area contributed by atoms with E-state index in [1.165, 1.54) is 6.92 Å². The van der Waals surface area contributed by atoms with Crippen LogP contribution in [-0.4, -0.2) is 39.6 Å². The van der Waals surface area contributed by atoms with Crippen LogP contribution in [0.3, 0.4) is 0 Å². The van der Waals surface area contributed by atoms with Gasteiger partial charge in [0.2, 0.25) is 0 Å². The number of rotatable bonds is 3. The number of ether oxygens (including phenoxy) is 2. The highest BCUT2D eigenvalue weighted by Crippen LogP contribution is 2.47. The average molecular weight is 405 g/mol. The maximum atomic E-state index is 13.1. The van der Waals surface area contributed by atoms with Crippen LogP contribution in [0, 0.1) is 11.8 Å². The van der Waals surface area contributed by atoms with Crippen LogP contribution in [0.25, 0.3) is 0 Å². The molecule has 2 rings (SSSR count). The Bertz CT molecular complexity index is 767. The van der Waals surface area contributed by atoms with Gasteiger partial charge in [-0.2, -0.15) is 0 Å². The average Bonchev–Trinajstić information content (AvgIpc) is 2.50. The van der Waals surface area contributed by atoms with Crippen LogP contribution in [0.15, 0.2) is 30.3 Å². The minimum absolute atomic E-state index is 0.329. The summed E-state index contributed by atoms with van der Waals surface area (Å²) < 4.78 is 11.1. The predicted octanol–water partition coefficient (Wildman–Crippen LogP) is 3.41. The molecule has 1 saturated carbocycles. The molecule has 0 heterocycles. The van der Waals surface area contributed by atoms with Crippen molar-refractivity contribution in [1.29, 1.82) is 0 Å². The van der Waals surface area contributed by atoms with E-state index in [0.717, 1.165) is 0 Å². The molecule has 1 N–H and O–H groups in total. The van der Waals surface area contributed by atoms with Gasteiger partial charge in [-0.3, -0.25) is 14.4 Å². The smallest absolute Gasteiger partial charge is 0.317 e. The third-order valence-electron chi connectivity index (χ3n) is 4.77. The van der Waals surface area contributed by atoms with Crippen molar-refractivity contribution >= 4 is 17.7 Å². The topological polar surface area (TPSA) is 89.9 Å². The van der Waals surface area contributed by atoms with Gasteiger partial charge in [0.15, 0.2) is 5.78 Å². The molecule has 1 aliphatic carbocycles. The monoisotopic (exact) mass is 404 g/mol. The van der Waals surface area contributed by atoms with Crippen LogP contribution in [0.4, 0.5) is 0 Å². The van der Waals surface area contributed by atoms with Crippen LogP contribution in [0.2, 0.25) is 0 Å². The van der Waals surface area contributed by atoms with Crippen LogP contribution in [-0.2, 0) is 23.9 Å². The molecular weight excluding hydrogens is 372 g/mol. The molecule has 1 aromatic rings. The van der Waals surface area contributed by atoms with Crippen LogP contribution < -0.4 is 0 Å². The van der Waals surface area contributed by atoms with Gasteiger partial charge in [-0.05, 0) is 54.0 Å². The Morgan fingerprint density at radius 3 is 1.93 bits per heavy atom. The molecule has 0 amide bonds. The fraction of sp³-hybridized carbons (Fsp3) is 0.609. The second-order valence-corrected chi connectivity index (χ2v) is 9.96. The molecule has 1 aromatic carbocycles. The van der Waals surface area contributed by atoms with E-state index in [9.17, 15) is 19.5 Å². The van der Waals surface area contributed by atoms with Gasteiger partial charge in [0.25, 0.3) is 0 Å². The van der Waals surface area contributed by atoms with E-state index in [0.29, 0.717) is 5.56 Å². The minimum atomic E-state index is -1.65. The van der Waals surface area contributed by atoms with Gasteiger partial charge in [-0.1, -0.05) is 30.3 Å². The lowest BCUT2D eigenvalue weighted by atomic mass is 9.61. The Hall–Kier alpha value is -2.21. The summed E-state index contributed by atoms with van der Waals surface area (Å²) in [5.74, 6) is -4.97. The number of ketones is 1. The van der Waals surface area contributed by atoms with Gasteiger partial charge in [-0.25, -0.2) is 0 Å². The second-order valence-electron chi connectivity index (χ2n) is 9.96. The fourth-order valence-electron chi connectivity index (χ4n) is 3.82. The van der Waals surface area contributed by atoms with Crippen molar-refractivity contribution in [2.45, 2.75) is 77.6 Å². The zero-order valence-corrected chi connectivity index (χ0v) is 18.3. The molecule has 6 nitrogen and oxygen atoms in total. The Balaban J connectivity index is 2.59. The van der Waals surface area contributed by atoms with Gasteiger partial charge < -0.3 is 14.6 Å². The van der Waals surface area contributed by atoms with Crippen molar-refractivity contribution in [3.05, 3.63) is 35.9 Å². The van der Waals surface area contributed by atoms with Gasteiger partial charge in [0, 0.05) is 12.3 Å². The molecule has 0 aliphatic heterocycles. The van der Waals surface area contributed by atoms with Gasteiger partial charge >= 0.3 is 11.9 Å². The zero-order valence-electron chi connectivity index (χ0n) is 18.3. The summed E-state index contributed by atoms with van der Waals surface area (Å²) in [6.07, 6.45) is -0.329. The summed E-state index contributed by atoms with van der Waals surface area (Å²) in [7, 11) is 0. The first kappa shape index (κ1) is 23.1. The number of esters is 2. The van der Waals surface area contributed by atoms with Crippen molar-refractivity contribution in [3.63, 3.8) is 0 Å². The Morgan fingerprint density at radius 2 is 1.45 bits per heavy atom. The maximum absolute atomic E-state index is 13.1. The molecule has 4 atom stereocenters. The van der Waals surface area contributed by atoms with E-state index in [-0.39, 0.29) is 6.42 Å². The molecule has 0 saturated heterocycles. The first-order valence-electron chi connectivity index (χ1n) is 9.88. The van der Waals surface area contributed by atoms with Crippen molar-refractivity contribution < 1.29 is 29.0 Å². The first-order chi connectivity index (χ1) is 13.1. The lowest BCUT2D eigenvalue weighted by Crippen LogP contribution is -2.56. The largest absolute Gasteiger partial charge is 0.460 e. The highest BCUT2D eigenvalue weighted by atomic mass is 16.6. The third-order valence-corrected chi connectivity index (χ3v) is 4.77. The number of hydrogen-bond acceptors (Lipinski definition) is 6. The third kappa shape index (κ3) is 5.66. The van der Waals surface area contributed by atoms with Crippen molar-refractivity contribution in [1.82, 2.24) is 0 Å². The van der Waals surface area contributed by atoms with Crippen molar-refractivity contribution in [3.8, 4) is 0 Å². The first-order valence-corrected chi connectivity index (χ1v) is 9.88. The van der Waals surface area contributed by atoms with E-state index in [2.05, 4.69) is 0 Å². The summed E-state index contributed by atoms with van der Waals surface area (Å²) in [4.78, 5) is 39.1. The van der Waals surface area contributed by atoms with Crippen molar-refractivity contribution in [2.24, 2.45) is 11.8 Å². The molecular formula is C23H32O6. The Morgan fingerprint density at radius 1 is 0.966 bits per heavy atom. The molecule has 0 bridgehead atoms. The highest BCUT2D eigenvalue weighted by Gasteiger charge is 2.57. The summed E-state index contributed by atoms with van der Waals surface area (Å²) in [5.41, 5.74) is -2.62. The van der Waals surface area contributed by atoms with E-state index in [1.807, 2.05) is 0 Å². The molecule has 29 heavy (non-hydrogen) atoms. The molecule has 1 aliphatic rings. The molecule has 1 fully saturated rings. The van der Waals surface area contributed by atoms with Crippen LogP contribution in [0.1, 0.15) is 66.4 Å². The lowest BCUT2D eigenvalue weighted by Gasteiger charge is -2.44. The van der Waals surface area contributed by atoms with Crippen LogP contribution >= 0.6 is 0 Å².